The van der Waals surface area contributed by atoms with Gasteiger partial charge < -0.3 is 9.30 Å². The Kier molecular flexibility index (Phi) is 6.13. The van der Waals surface area contributed by atoms with Crippen molar-refractivity contribution >= 4 is 34.9 Å². The number of para-hydroxylation sites is 1. The van der Waals surface area contributed by atoms with E-state index in [-0.39, 0.29) is 12.4 Å². The molecule has 1 saturated heterocycles. The van der Waals surface area contributed by atoms with Crippen LogP contribution in [-0.2, 0) is 20.2 Å². The van der Waals surface area contributed by atoms with Gasteiger partial charge in [-0.05, 0) is 61.8 Å². The van der Waals surface area contributed by atoms with Crippen molar-refractivity contribution in [2.24, 2.45) is 7.05 Å². The molecule has 0 aliphatic carbocycles. The van der Waals surface area contributed by atoms with Crippen molar-refractivity contribution in [3.8, 4) is 5.75 Å². The second kappa shape index (κ2) is 8.34. The number of aryl methyl sites for hydroxylation is 1. The molecule has 0 saturated carbocycles. The monoisotopic (exact) mass is 390 g/mol. The van der Waals surface area contributed by atoms with E-state index in [0.29, 0.717) is 6.61 Å². The SMILES string of the molecule is Cl.Cn1c(COc2ccc(Cl)cc2)c(CN2CCCC2)c2ccccc21. The zero-order chi connectivity index (χ0) is 17.2. The number of fused-ring (bicyclic) bond motifs is 1. The number of hydrogen-bond acceptors (Lipinski definition) is 2. The molecular formula is C21H24Cl2N2O. The van der Waals surface area contributed by atoms with Crippen LogP contribution in [0.15, 0.2) is 48.5 Å². The van der Waals surface area contributed by atoms with E-state index < -0.39 is 0 Å². The fourth-order valence-corrected chi connectivity index (χ4v) is 3.86. The number of hydrogen-bond donors (Lipinski definition) is 0. The standard InChI is InChI=1S/C21H23ClN2O.ClH/c1-23-20-7-3-2-6-18(20)19(14-24-12-4-5-13-24)21(23)15-25-17-10-8-16(22)9-11-17;/h2-3,6-11H,4-5,12-15H2,1H3;1H. The van der Waals surface area contributed by atoms with Gasteiger partial charge in [0.2, 0.25) is 0 Å². The molecule has 1 aromatic heterocycles. The van der Waals surface area contributed by atoms with E-state index in [2.05, 4.69) is 40.8 Å². The second-order valence-electron chi connectivity index (χ2n) is 6.73. The third-order valence-electron chi connectivity index (χ3n) is 5.11. The van der Waals surface area contributed by atoms with Crippen molar-refractivity contribution < 1.29 is 4.74 Å². The van der Waals surface area contributed by atoms with Gasteiger partial charge in [0.25, 0.3) is 0 Å². The number of halogens is 2. The average molecular weight is 391 g/mol. The van der Waals surface area contributed by atoms with Gasteiger partial charge in [0.1, 0.15) is 12.4 Å². The fourth-order valence-electron chi connectivity index (χ4n) is 3.73. The highest BCUT2D eigenvalue weighted by molar-refractivity contribution is 6.30. The van der Waals surface area contributed by atoms with Gasteiger partial charge in [-0.2, -0.15) is 0 Å². The van der Waals surface area contributed by atoms with Crippen molar-refractivity contribution in [3.63, 3.8) is 0 Å². The summed E-state index contributed by atoms with van der Waals surface area (Å²) in [5, 5.41) is 2.07. The summed E-state index contributed by atoms with van der Waals surface area (Å²) in [6.45, 7) is 3.96. The summed E-state index contributed by atoms with van der Waals surface area (Å²) in [6, 6.07) is 16.2. The molecular weight excluding hydrogens is 367 g/mol. The van der Waals surface area contributed by atoms with Gasteiger partial charge in [0.05, 0.1) is 5.69 Å². The lowest BCUT2D eigenvalue weighted by Gasteiger charge is -2.16. The largest absolute Gasteiger partial charge is 0.487 e. The normalized spacial score (nSPS) is 14.5. The van der Waals surface area contributed by atoms with Crippen LogP contribution in [-0.4, -0.2) is 22.6 Å². The maximum atomic E-state index is 6.06. The third kappa shape index (κ3) is 3.85. The average Bonchev–Trinajstić information content (AvgIpc) is 3.23. The lowest BCUT2D eigenvalue weighted by Crippen LogP contribution is -2.19. The minimum absolute atomic E-state index is 0. The van der Waals surface area contributed by atoms with E-state index in [1.165, 1.54) is 48.1 Å². The zero-order valence-corrected chi connectivity index (χ0v) is 16.5. The maximum absolute atomic E-state index is 6.06. The molecule has 0 radical (unpaired) electrons. The van der Waals surface area contributed by atoms with Gasteiger partial charge in [-0.25, -0.2) is 0 Å². The predicted molar refractivity (Wildman–Crippen MR) is 110 cm³/mol. The van der Waals surface area contributed by atoms with E-state index in [1.54, 1.807) is 0 Å². The summed E-state index contributed by atoms with van der Waals surface area (Å²) in [5.74, 6) is 0.849. The summed E-state index contributed by atoms with van der Waals surface area (Å²) in [7, 11) is 2.14. The minimum atomic E-state index is 0. The van der Waals surface area contributed by atoms with Crippen molar-refractivity contribution in [1.82, 2.24) is 9.47 Å². The van der Waals surface area contributed by atoms with Crippen LogP contribution in [0.5, 0.6) is 5.75 Å². The van der Waals surface area contributed by atoms with Crippen LogP contribution in [0.3, 0.4) is 0 Å². The molecule has 0 amide bonds. The smallest absolute Gasteiger partial charge is 0.129 e. The molecule has 3 nitrogen and oxygen atoms in total. The molecule has 1 fully saturated rings. The molecule has 1 aliphatic heterocycles. The Hall–Kier alpha value is -1.68. The zero-order valence-electron chi connectivity index (χ0n) is 15.0. The molecule has 0 atom stereocenters. The Morgan fingerprint density at radius 1 is 1.00 bits per heavy atom. The topological polar surface area (TPSA) is 17.4 Å². The Morgan fingerprint density at radius 2 is 1.69 bits per heavy atom. The molecule has 0 N–H and O–H groups in total. The van der Waals surface area contributed by atoms with Gasteiger partial charge >= 0.3 is 0 Å². The van der Waals surface area contributed by atoms with Crippen LogP contribution in [0.1, 0.15) is 24.1 Å². The van der Waals surface area contributed by atoms with E-state index in [1.807, 2.05) is 24.3 Å². The van der Waals surface area contributed by atoms with Crippen LogP contribution < -0.4 is 4.74 Å². The van der Waals surface area contributed by atoms with E-state index in [9.17, 15) is 0 Å². The summed E-state index contributed by atoms with van der Waals surface area (Å²) in [4.78, 5) is 2.55. The van der Waals surface area contributed by atoms with Crippen molar-refractivity contribution in [2.45, 2.75) is 26.0 Å². The van der Waals surface area contributed by atoms with Gasteiger partial charge in [-0.15, -0.1) is 12.4 Å². The molecule has 4 rings (SSSR count). The number of benzene rings is 2. The molecule has 0 spiro atoms. The first-order valence-corrected chi connectivity index (χ1v) is 9.26. The van der Waals surface area contributed by atoms with Crippen molar-refractivity contribution in [3.05, 3.63) is 64.8 Å². The molecule has 26 heavy (non-hydrogen) atoms. The Morgan fingerprint density at radius 3 is 2.42 bits per heavy atom. The second-order valence-corrected chi connectivity index (χ2v) is 7.16. The number of aromatic nitrogens is 1. The maximum Gasteiger partial charge on any atom is 0.129 e. The Labute approximate surface area is 165 Å². The van der Waals surface area contributed by atoms with Gasteiger partial charge in [-0.1, -0.05) is 29.8 Å². The molecule has 3 aromatic rings. The summed E-state index contributed by atoms with van der Waals surface area (Å²) >= 11 is 5.96. The number of ether oxygens (including phenoxy) is 1. The van der Waals surface area contributed by atoms with Gasteiger partial charge in [0, 0.05) is 29.5 Å². The summed E-state index contributed by atoms with van der Waals surface area (Å²) in [6.07, 6.45) is 2.61. The van der Waals surface area contributed by atoms with E-state index in [0.717, 1.165) is 17.3 Å². The van der Waals surface area contributed by atoms with E-state index in [4.69, 9.17) is 16.3 Å². The minimum Gasteiger partial charge on any atom is -0.487 e. The molecule has 138 valence electrons. The molecule has 0 bridgehead atoms. The van der Waals surface area contributed by atoms with Crippen molar-refractivity contribution in [1.29, 1.82) is 0 Å². The molecule has 2 aromatic carbocycles. The van der Waals surface area contributed by atoms with Crippen LogP contribution in [0.4, 0.5) is 0 Å². The number of nitrogens with zero attached hydrogens (tertiary/aromatic N) is 2. The van der Waals surface area contributed by atoms with Gasteiger partial charge in [-0.3, -0.25) is 4.90 Å². The van der Waals surface area contributed by atoms with Gasteiger partial charge in [0.15, 0.2) is 0 Å². The molecule has 5 heteroatoms. The van der Waals surface area contributed by atoms with Crippen LogP contribution in [0.2, 0.25) is 5.02 Å². The highest BCUT2D eigenvalue weighted by atomic mass is 35.5. The summed E-state index contributed by atoms with van der Waals surface area (Å²) in [5.41, 5.74) is 3.92. The van der Waals surface area contributed by atoms with Crippen LogP contribution in [0.25, 0.3) is 10.9 Å². The van der Waals surface area contributed by atoms with E-state index >= 15 is 0 Å². The third-order valence-corrected chi connectivity index (χ3v) is 5.37. The Balaban J connectivity index is 0.00000196. The first-order valence-electron chi connectivity index (χ1n) is 8.88. The fraction of sp³-hybridized carbons (Fsp3) is 0.333. The first-order chi connectivity index (χ1) is 12.2. The van der Waals surface area contributed by atoms with Crippen LogP contribution >= 0.6 is 24.0 Å². The lowest BCUT2D eigenvalue weighted by molar-refractivity contribution is 0.288. The Bertz CT molecular complexity index is 868. The number of likely N-dealkylation sites (tertiary alicyclic amines) is 1. The molecule has 2 heterocycles. The molecule has 1 aliphatic rings. The predicted octanol–water partition coefficient (Wildman–Crippen LogP) is 5.43. The quantitative estimate of drug-likeness (QED) is 0.577. The van der Waals surface area contributed by atoms with Crippen molar-refractivity contribution in [2.75, 3.05) is 13.1 Å². The lowest BCUT2D eigenvalue weighted by atomic mass is 10.1. The first kappa shape index (κ1) is 19.1. The summed E-state index contributed by atoms with van der Waals surface area (Å²) < 4.78 is 8.34. The highest BCUT2D eigenvalue weighted by Gasteiger charge is 2.20. The van der Waals surface area contributed by atoms with Crippen LogP contribution in [0, 0.1) is 0 Å². The highest BCUT2D eigenvalue weighted by Crippen LogP contribution is 2.29. The number of rotatable bonds is 5. The molecule has 0 unspecified atom stereocenters.